The zero-order valence-electron chi connectivity index (χ0n) is 14.4. The Morgan fingerprint density at radius 3 is 2.68 bits per heavy atom. The quantitative estimate of drug-likeness (QED) is 0.694. The fourth-order valence-corrected chi connectivity index (χ4v) is 3.22. The molecule has 4 heteroatoms. The summed E-state index contributed by atoms with van der Waals surface area (Å²) in [4.78, 5) is 22.5. The average molecular weight is 337 g/mol. The van der Waals surface area contributed by atoms with Crippen molar-refractivity contribution in [1.82, 2.24) is 5.32 Å². The van der Waals surface area contributed by atoms with Gasteiger partial charge in [0, 0.05) is 13.0 Å². The van der Waals surface area contributed by atoms with Crippen LogP contribution in [0.5, 0.6) is 0 Å². The highest BCUT2D eigenvalue weighted by molar-refractivity contribution is 5.78. The number of carboxylic acid groups (broad SMARTS) is 1. The number of benzene rings is 2. The molecule has 3 rings (SSSR count). The molecule has 1 atom stereocenters. The van der Waals surface area contributed by atoms with Gasteiger partial charge in [-0.15, -0.1) is 0 Å². The molecule has 0 aliphatic heterocycles. The number of hydrogen-bond acceptors (Lipinski definition) is 2. The number of carbonyl (C=O) groups excluding carboxylic acids is 1. The average Bonchev–Trinajstić information content (AvgIpc) is 2.97. The summed E-state index contributed by atoms with van der Waals surface area (Å²) in [6.45, 7) is 1.77. The van der Waals surface area contributed by atoms with Crippen LogP contribution in [-0.4, -0.2) is 23.5 Å². The molecule has 130 valence electrons. The van der Waals surface area contributed by atoms with E-state index < -0.39 is 11.9 Å². The molecule has 2 N–H and O–H groups in total. The first-order valence-electron chi connectivity index (χ1n) is 8.74. The van der Waals surface area contributed by atoms with Gasteiger partial charge in [-0.3, -0.25) is 9.59 Å². The van der Waals surface area contributed by atoms with E-state index in [-0.39, 0.29) is 12.5 Å². The van der Waals surface area contributed by atoms with E-state index >= 15 is 0 Å². The summed E-state index contributed by atoms with van der Waals surface area (Å²) < 4.78 is 0. The minimum absolute atomic E-state index is 0.0837. The molecule has 1 aliphatic carbocycles. The topological polar surface area (TPSA) is 66.4 Å². The number of carboxylic acids is 1. The standard InChI is InChI=1S/C21H23NO3/c1-14(21(24)25)13-22-20(23)8-4-5-15-9-10-17-12-16-6-2-3-7-18(16)19(17)11-15/h2-3,6-7,9-11,14H,4-5,8,12-13H2,1H3,(H,22,23)(H,24,25). The number of carbonyl (C=O) groups is 2. The predicted molar refractivity (Wildman–Crippen MR) is 97.4 cm³/mol. The molecular weight excluding hydrogens is 314 g/mol. The van der Waals surface area contributed by atoms with Crippen LogP contribution in [0.25, 0.3) is 11.1 Å². The van der Waals surface area contributed by atoms with Crippen molar-refractivity contribution in [2.45, 2.75) is 32.6 Å². The van der Waals surface area contributed by atoms with Crippen molar-refractivity contribution >= 4 is 11.9 Å². The predicted octanol–water partition coefficient (Wildman–Crippen LogP) is 3.42. The first kappa shape index (κ1) is 17.2. The second-order valence-corrected chi connectivity index (χ2v) is 6.72. The summed E-state index contributed by atoms with van der Waals surface area (Å²) in [5.74, 6) is -1.53. The molecule has 2 aromatic rings. The largest absolute Gasteiger partial charge is 0.481 e. The summed E-state index contributed by atoms with van der Waals surface area (Å²) in [5, 5.41) is 11.5. The molecule has 1 amide bonds. The lowest BCUT2D eigenvalue weighted by atomic mass is 10.00. The molecule has 0 aromatic heterocycles. The number of aryl methyl sites for hydroxylation is 1. The van der Waals surface area contributed by atoms with Gasteiger partial charge in [0.15, 0.2) is 0 Å². The van der Waals surface area contributed by atoms with Crippen LogP contribution in [-0.2, 0) is 22.4 Å². The molecule has 0 bridgehead atoms. The van der Waals surface area contributed by atoms with E-state index in [9.17, 15) is 9.59 Å². The maximum atomic E-state index is 11.8. The van der Waals surface area contributed by atoms with Gasteiger partial charge in [-0.2, -0.15) is 0 Å². The molecule has 2 aromatic carbocycles. The van der Waals surface area contributed by atoms with E-state index in [1.807, 2.05) is 0 Å². The number of aliphatic carboxylic acids is 1. The second-order valence-electron chi connectivity index (χ2n) is 6.72. The SMILES string of the molecule is CC(CNC(=O)CCCc1ccc2c(c1)-c1ccccc1C2)C(=O)O. The highest BCUT2D eigenvalue weighted by Crippen LogP contribution is 2.36. The maximum absolute atomic E-state index is 11.8. The molecule has 0 radical (unpaired) electrons. The van der Waals surface area contributed by atoms with Gasteiger partial charge in [0.1, 0.15) is 0 Å². The van der Waals surface area contributed by atoms with Crippen LogP contribution in [0.1, 0.15) is 36.5 Å². The summed E-state index contributed by atoms with van der Waals surface area (Å²) in [6.07, 6.45) is 3.01. The van der Waals surface area contributed by atoms with Gasteiger partial charge in [0.2, 0.25) is 5.91 Å². The molecule has 4 nitrogen and oxygen atoms in total. The van der Waals surface area contributed by atoms with E-state index in [2.05, 4.69) is 47.8 Å². The Hall–Kier alpha value is -2.62. The number of amides is 1. The fourth-order valence-electron chi connectivity index (χ4n) is 3.22. The first-order chi connectivity index (χ1) is 12.0. The van der Waals surface area contributed by atoms with Gasteiger partial charge in [0.25, 0.3) is 0 Å². The molecule has 1 unspecified atom stereocenters. The summed E-state index contributed by atoms with van der Waals surface area (Å²) >= 11 is 0. The zero-order chi connectivity index (χ0) is 17.8. The van der Waals surface area contributed by atoms with E-state index in [1.54, 1.807) is 6.92 Å². The molecule has 0 fully saturated rings. The Morgan fingerprint density at radius 1 is 1.12 bits per heavy atom. The Labute approximate surface area is 147 Å². The number of rotatable bonds is 7. The van der Waals surface area contributed by atoms with Crippen molar-refractivity contribution in [3.8, 4) is 11.1 Å². The van der Waals surface area contributed by atoms with Gasteiger partial charge in [0.05, 0.1) is 5.92 Å². The highest BCUT2D eigenvalue weighted by atomic mass is 16.4. The molecule has 25 heavy (non-hydrogen) atoms. The van der Waals surface area contributed by atoms with Gasteiger partial charge in [-0.25, -0.2) is 0 Å². The maximum Gasteiger partial charge on any atom is 0.308 e. The molecular formula is C21H23NO3. The minimum atomic E-state index is -0.890. The van der Waals surface area contributed by atoms with Crippen LogP contribution >= 0.6 is 0 Å². The van der Waals surface area contributed by atoms with E-state index in [0.29, 0.717) is 6.42 Å². The lowest BCUT2D eigenvalue weighted by molar-refractivity contribution is -0.141. The monoisotopic (exact) mass is 337 g/mol. The smallest absolute Gasteiger partial charge is 0.308 e. The van der Waals surface area contributed by atoms with Gasteiger partial charge >= 0.3 is 5.97 Å². The molecule has 0 saturated carbocycles. The normalized spacial score (nSPS) is 13.0. The van der Waals surface area contributed by atoms with Crippen molar-refractivity contribution in [1.29, 1.82) is 0 Å². The van der Waals surface area contributed by atoms with Crippen molar-refractivity contribution < 1.29 is 14.7 Å². The van der Waals surface area contributed by atoms with Crippen LogP contribution in [0.2, 0.25) is 0 Å². The molecule has 1 aliphatic rings. The third-order valence-electron chi connectivity index (χ3n) is 4.76. The lowest BCUT2D eigenvalue weighted by Crippen LogP contribution is -2.31. The second kappa shape index (κ2) is 7.51. The molecule has 0 heterocycles. The minimum Gasteiger partial charge on any atom is -0.481 e. The Morgan fingerprint density at radius 2 is 1.88 bits per heavy atom. The lowest BCUT2D eigenvalue weighted by Gasteiger charge is -2.09. The van der Waals surface area contributed by atoms with Crippen molar-refractivity contribution in [2.24, 2.45) is 5.92 Å². The van der Waals surface area contributed by atoms with E-state index in [4.69, 9.17) is 5.11 Å². The molecule has 0 saturated heterocycles. The van der Waals surface area contributed by atoms with Crippen LogP contribution < -0.4 is 5.32 Å². The van der Waals surface area contributed by atoms with Crippen LogP contribution in [0, 0.1) is 5.92 Å². The summed E-state index contributed by atoms with van der Waals surface area (Å²) in [7, 11) is 0. The van der Waals surface area contributed by atoms with Crippen LogP contribution in [0.15, 0.2) is 42.5 Å². The van der Waals surface area contributed by atoms with E-state index in [1.165, 1.54) is 27.8 Å². The van der Waals surface area contributed by atoms with Crippen molar-refractivity contribution in [3.05, 3.63) is 59.2 Å². The Balaban J connectivity index is 1.52. The zero-order valence-corrected chi connectivity index (χ0v) is 14.4. The Kier molecular flexibility index (Phi) is 5.17. The number of hydrogen-bond donors (Lipinski definition) is 2. The number of nitrogens with one attached hydrogen (secondary N) is 1. The van der Waals surface area contributed by atoms with Crippen LogP contribution in [0.3, 0.4) is 0 Å². The molecule has 0 spiro atoms. The first-order valence-corrected chi connectivity index (χ1v) is 8.74. The van der Waals surface area contributed by atoms with Gasteiger partial charge in [-0.05, 0) is 47.1 Å². The fraction of sp³-hybridized carbons (Fsp3) is 0.333. The van der Waals surface area contributed by atoms with E-state index in [0.717, 1.165) is 19.3 Å². The van der Waals surface area contributed by atoms with Crippen LogP contribution in [0.4, 0.5) is 0 Å². The van der Waals surface area contributed by atoms with Gasteiger partial charge in [-0.1, -0.05) is 49.4 Å². The van der Waals surface area contributed by atoms with Gasteiger partial charge < -0.3 is 10.4 Å². The third-order valence-corrected chi connectivity index (χ3v) is 4.76. The summed E-state index contributed by atoms with van der Waals surface area (Å²) in [6, 6.07) is 15.1. The Bertz CT molecular complexity index is 797. The van der Waals surface area contributed by atoms with Crippen molar-refractivity contribution in [2.75, 3.05) is 6.54 Å². The summed E-state index contributed by atoms with van der Waals surface area (Å²) in [5.41, 5.74) is 6.61. The highest BCUT2D eigenvalue weighted by Gasteiger charge is 2.18. The van der Waals surface area contributed by atoms with Crippen molar-refractivity contribution in [3.63, 3.8) is 0 Å². The third kappa shape index (κ3) is 4.08. The number of fused-ring (bicyclic) bond motifs is 3.